The molecule has 1 saturated heterocycles. The first-order valence-corrected chi connectivity index (χ1v) is 15.1. The summed E-state index contributed by atoms with van der Waals surface area (Å²) >= 11 is 15.3. The van der Waals surface area contributed by atoms with Gasteiger partial charge in [-0.3, -0.25) is 9.69 Å². The monoisotopic (exact) mass is 583 g/mol. The molecule has 2 aromatic carbocycles. The van der Waals surface area contributed by atoms with Gasteiger partial charge in [0.15, 0.2) is 7.85 Å². The minimum atomic E-state index is 0.0537. The Balaban J connectivity index is 1.10. The SMILES string of the molecule is Bc1sc(SCC(=O)NC2CCN(Cc3ccc(Cl)c(Cl)c3)CC2)nc1-c1cccc(C2=CCC(N)=N2)c1. The van der Waals surface area contributed by atoms with E-state index in [1.165, 1.54) is 11.8 Å². The van der Waals surface area contributed by atoms with Crippen molar-refractivity contribution in [3.8, 4) is 11.3 Å². The molecule has 3 heterocycles. The molecule has 11 heteroatoms. The van der Waals surface area contributed by atoms with Crippen molar-refractivity contribution in [3.63, 3.8) is 0 Å². The number of nitrogens with two attached hydrogens (primary N) is 1. The van der Waals surface area contributed by atoms with Crippen LogP contribution in [0.1, 0.15) is 30.4 Å². The van der Waals surface area contributed by atoms with E-state index < -0.39 is 0 Å². The number of carbonyl (C=O) groups excluding carboxylic acids is 1. The first kappa shape index (κ1) is 27.3. The van der Waals surface area contributed by atoms with E-state index in [-0.39, 0.29) is 11.9 Å². The lowest BCUT2D eigenvalue weighted by molar-refractivity contribution is -0.119. The largest absolute Gasteiger partial charge is 0.387 e. The highest BCUT2D eigenvalue weighted by Gasteiger charge is 2.21. The average molecular weight is 584 g/mol. The Labute approximate surface area is 242 Å². The molecular weight excluding hydrogens is 556 g/mol. The van der Waals surface area contributed by atoms with Gasteiger partial charge in [-0.25, -0.2) is 9.98 Å². The molecule has 196 valence electrons. The standard InChI is InChI=1S/C27H28BCl2N5OS2/c28-26-25(18-3-1-2-17(13-18)22-6-7-23(31)33-22)34-27(38-26)37-15-24(36)32-19-8-10-35(11-9-19)14-16-4-5-20(29)21(30)12-16/h1-6,12-13,19H,7-11,14-15,28H2,(H2,31,33)(H,32,36). The highest BCUT2D eigenvalue weighted by Crippen LogP contribution is 2.29. The molecule has 0 radical (unpaired) electrons. The molecule has 5 rings (SSSR count). The van der Waals surface area contributed by atoms with Crippen molar-refractivity contribution < 1.29 is 4.79 Å². The molecule has 6 nitrogen and oxygen atoms in total. The van der Waals surface area contributed by atoms with Gasteiger partial charge >= 0.3 is 0 Å². The van der Waals surface area contributed by atoms with Gasteiger partial charge in [0.1, 0.15) is 10.2 Å². The third kappa shape index (κ3) is 6.82. The number of aliphatic imine (C=N–C) groups is 1. The van der Waals surface area contributed by atoms with Gasteiger partial charge in [0.25, 0.3) is 0 Å². The minimum Gasteiger partial charge on any atom is -0.387 e. The van der Waals surface area contributed by atoms with Gasteiger partial charge in [-0.2, -0.15) is 0 Å². The van der Waals surface area contributed by atoms with E-state index >= 15 is 0 Å². The summed E-state index contributed by atoms with van der Waals surface area (Å²) in [6.45, 7) is 2.70. The van der Waals surface area contributed by atoms with Gasteiger partial charge in [-0.15, -0.1) is 11.3 Å². The van der Waals surface area contributed by atoms with Crippen LogP contribution >= 0.6 is 46.3 Å². The van der Waals surface area contributed by atoms with Gasteiger partial charge in [-0.1, -0.05) is 65.3 Å². The van der Waals surface area contributed by atoms with Crippen LogP contribution in [0.3, 0.4) is 0 Å². The smallest absolute Gasteiger partial charge is 0.230 e. The number of hydrogen-bond acceptors (Lipinski definition) is 7. The Morgan fingerprint density at radius 2 is 1.95 bits per heavy atom. The van der Waals surface area contributed by atoms with Crippen LogP contribution in [-0.4, -0.2) is 54.4 Å². The molecule has 2 aliphatic heterocycles. The van der Waals surface area contributed by atoms with Crippen LogP contribution in [0.25, 0.3) is 17.0 Å². The maximum atomic E-state index is 12.7. The summed E-state index contributed by atoms with van der Waals surface area (Å²) in [6, 6.07) is 14.2. The number of thiazole rings is 1. The van der Waals surface area contributed by atoms with Crippen molar-refractivity contribution in [2.45, 2.75) is 36.2 Å². The van der Waals surface area contributed by atoms with Gasteiger partial charge in [0.2, 0.25) is 5.91 Å². The fourth-order valence-corrected chi connectivity index (χ4v) is 6.95. The lowest BCUT2D eigenvalue weighted by atomic mass is 9.99. The van der Waals surface area contributed by atoms with E-state index in [0.717, 1.165) is 69.7 Å². The van der Waals surface area contributed by atoms with Crippen LogP contribution in [-0.2, 0) is 11.3 Å². The zero-order chi connectivity index (χ0) is 26.6. The topological polar surface area (TPSA) is 83.6 Å². The number of rotatable bonds is 8. The summed E-state index contributed by atoms with van der Waals surface area (Å²) in [4.78, 5) is 24.3. The second-order valence-corrected chi connectivity index (χ2v) is 12.8. The molecule has 0 bridgehead atoms. The maximum absolute atomic E-state index is 12.7. The fraction of sp³-hybridized carbons (Fsp3) is 0.296. The van der Waals surface area contributed by atoms with Crippen molar-refractivity contribution in [3.05, 3.63) is 69.7 Å². The van der Waals surface area contributed by atoms with E-state index in [9.17, 15) is 4.79 Å². The van der Waals surface area contributed by atoms with Crippen molar-refractivity contribution >= 4 is 76.4 Å². The van der Waals surface area contributed by atoms with E-state index in [0.29, 0.717) is 28.1 Å². The van der Waals surface area contributed by atoms with Crippen molar-refractivity contribution in [1.82, 2.24) is 15.2 Å². The quantitative estimate of drug-likeness (QED) is 0.304. The van der Waals surface area contributed by atoms with Crippen molar-refractivity contribution in [1.29, 1.82) is 0 Å². The van der Waals surface area contributed by atoms with Crippen LogP contribution in [0.5, 0.6) is 0 Å². The summed E-state index contributed by atoms with van der Waals surface area (Å²) in [5.41, 5.74) is 10.9. The molecule has 2 aliphatic rings. The second-order valence-electron chi connectivity index (χ2n) is 9.52. The normalized spacial score (nSPS) is 16.4. The number of hydrogen-bond donors (Lipinski definition) is 2. The Bertz CT molecular complexity index is 1400. The molecule has 0 atom stereocenters. The van der Waals surface area contributed by atoms with E-state index in [1.54, 1.807) is 11.3 Å². The summed E-state index contributed by atoms with van der Waals surface area (Å²) < 4.78 is 2.03. The molecule has 1 amide bonds. The number of halogens is 2. The maximum Gasteiger partial charge on any atom is 0.230 e. The molecule has 1 aromatic heterocycles. The van der Waals surface area contributed by atoms with Gasteiger partial charge in [0, 0.05) is 43.2 Å². The molecule has 0 spiro atoms. The first-order chi connectivity index (χ1) is 18.3. The lowest BCUT2D eigenvalue weighted by Crippen LogP contribution is -2.44. The second kappa shape index (κ2) is 12.3. The molecule has 0 aliphatic carbocycles. The van der Waals surface area contributed by atoms with Crippen LogP contribution in [0.15, 0.2) is 57.9 Å². The van der Waals surface area contributed by atoms with Crippen LogP contribution in [0.2, 0.25) is 10.0 Å². The van der Waals surface area contributed by atoms with Crippen molar-refractivity contribution in [2.75, 3.05) is 18.8 Å². The molecule has 3 aromatic rings. The molecule has 3 N–H and O–H groups in total. The highest BCUT2D eigenvalue weighted by atomic mass is 35.5. The van der Waals surface area contributed by atoms with E-state index in [4.69, 9.17) is 33.9 Å². The third-order valence-electron chi connectivity index (χ3n) is 6.65. The Kier molecular flexibility index (Phi) is 8.80. The number of likely N-dealkylation sites (tertiary alicyclic amines) is 1. The number of nitrogens with zero attached hydrogens (tertiary/aromatic N) is 3. The fourth-order valence-electron chi connectivity index (χ4n) is 4.69. The number of benzene rings is 2. The average Bonchev–Trinajstić information content (AvgIpc) is 3.51. The number of carbonyl (C=O) groups is 1. The zero-order valence-corrected chi connectivity index (χ0v) is 24.2. The van der Waals surface area contributed by atoms with Gasteiger partial charge < -0.3 is 11.1 Å². The Hall–Kier alpha value is -2.30. The van der Waals surface area contributed by atoms with Crippen molar-refractivity contribution in [2.24, 2.45) is 10.7 Å². The van der Waals surface area contributed by atoms with Gasteiger partial charge in [-0.05, 0) is 41.4 Å². The van der Waals surface area contributed by atoms with E-state index in [1.807, 2.05) is 36.4 Å². The summed E-state index contributed by atoms with van der Waals surface area (Å²) in [5.74, 6) is 1.05. The predicted octanol–water partition coefficient (Wildman–Crippen LogP) is 4.35. The zero-order valence-electron chi connectivity index (χ0n) is 21.0. The molecule has 1 fully saturated rings. The lowest BCUT2D eigenvalue weighted by Gasteiger charge is -2.32. The number of amides is 1. The summed E-state index contributed by atoms with van der Waals surface area (Å²) in [7, 11) is 2.07. The third-order valence-corrected chi connectivity index (χ3v) is 9.50. The predicted molar refractivity (Wildman–Crippen MR) is 164 cm³/mol. The number of piperidine rings is 1. The Morgan fingerprint density at radius 3 is 2.68 bits per heavy atom. The molecule has 0 saturated carbocycles. The number of aromatic nitrogens is 1. The molecule has 38 heavy (non-hydrogen) atoms. The van der Waals surface area contributed by atoms with Crippen LogP contribution in [0, 0.1) is 0 Å². The summed E-state index contributed by atoms with van der Waals surface area (Å²) in [5, 5.41) is 4.37. The number of nitrogens with one attached hydrogen (secondary N) is 1. The highest BCUT2D eigenvalue weighted by molar-refractivity contribution is 8.01. The van der Waals surface area contributed by atoms with Gasteiger partial charge in [0.05, 0.1) is 27.2 Å². The van der Waals surface area contributed by atoms with E-state index in [2.05, 4.69) is 35.2 Å². The van der Waals surface area contributed by atoms with Crippen LogP contribution in [0.4, 0.5) is 0 Å². The number of thioether (sulfide) groups is 1. The Morgan fingerprint density at radius 1 is 1.16 bits per heavy atom. The van der Waals surface area contributed by atoms with Crippen LogP contribution < -0.4 is 15.8 Å². The summed E-state index contributed by atoms with van der Waals surface area (Å²) in [6.07, 6.45) is 4.60. The minimum absolute atomic E-state index is 0.0537. The first-order valence-electron chi connectivity index (χ1n) is 12.5. The number of amidine groups is 1. The molecular formula is C27H28BCl2N5OS2. The molecule has 0 unspecified atom stereocenters.